The molecule has 0 rings (SSSR count). The number of hydrogen-bond acceptors (Lipinski definition) is 4. The van der Waals surface area contributed by atoms with E-state index in [1.54, 1.807) is 0 Å². The molecule has 1 amide bonds. The Labute approximate surface area is 226 Å². The lowest BCUT2D eigenvalue weighted by molar-refractivity contribution is -0.123. The fourth-order valence-corrected chi connectivity index (χ4v) is 4.44. The van der Waals surface area contributed by atoms with Crippen LogP contribution in [0.15, 0.2) is 0 Å². The molecule has 1 unspecified atom stereocenters. The average Bonchev–Trinajstić information content (AvgIpc) is 2.87. The Kier molecular flexibility index (Phi) is 33.7. The summed E-state index contributed by atoms with van der Waals surface area (Å²) >= 11 is 0. The standard InChI is InChI=1S/C27H56N2O.C4H10O2/c1-5-7-8-9-10-11-12-13-14-15-16-17-18-19-20-21-22-23-24-25-27(30)28-26(6-2)29(3)4;5-3-1-2-4-6/h26H,5-25H2,1-4H3,(H,28,30);5-6H,1-4H2. The molecule has 0 aromatic heterocycles. The molecular formula is C31H66N2O3. The SMILES string of the molecule is CCCCCCCCCCCCCCCCCCCCCC(=O)NC(CC)N(C)C.OCCCCO. The Morgan fingerprint density at radius 2 is 0.917 bits per heavy atom. The second-order valence-electron chi connectivity index (χ2n) is 10.7. The normalized spacial score (nSPS) is 11.9. The number of hydrogen-bond donors (Lipinski definition) is 3. The fraction of sp³-hybridized carbons (Fsp3) is 0.968. The minimum absolute atomic E-state index is 0.179. The number of nitrogens with zero attached hydrogens (tertiary/aromatic N) is 1. The number of unbranched alkanes of at least 4 members (excludes halogenated alkanes) is 19. The maximum atomic E-state index is 12.0. The van der Waals surface area contributed by atoms with Crippen LogP contribution in [-0.2, 0) is 4.79 Å². The van der Waals surface area contributed by atoms with Gasteiger partial charge in [0.25, 0.3) is 0 Å². The monoisotopic (exact) mass is 515 g/mol. The summed E-state index contributed by atoms with van der Waals surface area (Å²) in [4.78, 5) is 14.0. The van der Waals surface area contributed by atoms with Gasteiger partial charge in [-0.1, -0.05) is 129 Å². The maximum Gasteiger partial charge on any atom is 0.221 e. The van der Waals surface area contributed by atoms with Crippen LogP contribution in [0.4, 0.5) is 0 Å². The van der Waals surface area contributed by atoms with Crippen LogP contribution < -0.4 is 5.32 Å². The summed E-state index contributed by atoms with van der Waals surface area (Å²) in [6.07, 6.45) is 29.6. The van der Waals surface area contributed by atoms with Gasteiger partial charge in [0, 0.05) is 19.6 Å². The molecule has 36 heavy (non-hydrogen) atoms. The summed E-state index contributed by atoms with van der Waals surface area (Å²) in [5, 5.41) is 19.3. The Balaban J connectivity index is 0. The third kappa shape index (κ3) is 31.4. The number of carbonyl (C=O) groups excluding carboxylic acids is 1. The van der Waals surface area contributed by atoms with E-state index in [0.29, 0.717) is 6.42 Å². The minimum atomic E-state index is 0.179. The molecular weight excluding hydrogens is 448 g/mol. The van der Waals surface area contributed by atoms with Gasteiger partial charge >= 0.3 is 0 Å². The quantitative estimate of drug-likeness (QED) is 0.0808. The summed E-state index contributed by atoms with van der Waals surface area (Å²) in [6, 6.07) is 0. The van der Waals surface area contributed by atoms with E-state index in [-0.39, 0.29) is 25.3 Å². The van der Waals surface area contributed by atoms with Crippen molar-refractivity contribution in [3.63, 3.8) is 0 Å². The summed E-state index contributed by atoms with van der Waals surface area (Å²) < 4.78 is 0. The zero-order chi connectivity index (χ0) is 27.1. The van der Waals surface area contributed by atoms with Crippen molar-refractivity contribution in [3.05, 3.63) is 0 Å². The van der Waals surface area contributed by atoms with Gasteiger partial charge < -0.3 is 15.5 Å². The van der Waals surface area contributed by atoms with E-state index in [4.69, 9.17) is 10.2 Å². The molecule has 0 aliphatic carbocycles. The van der Waals surface area contributed by atoms with Gasteiger partial charge in [-0.15, -0.1) is 0 Å². The van der Waals surface area contributed by atoms with Crippen LogP contribution >= 0.6 is 0 Å². The van der Waals surface area contributed by atoms with Crippen LogP contribution in [0.2, 0.25) is 0 Å². The van der Waals surface area contributed by atoms with E-state index in [1.807, 2.05) is 14.1 Å². The highest BCUT2D eigenvalue weighted by Gasteiger charge is 2.11. The Bertz CT molecular complexity index is 415. The molecule has 5 nitrogen and oxygen atoms in total. The molecule has 0 aliphatic rings. The van der Waals surface area contributed by atoms with Crippen molar-refractivity contribution in [2.45, 2.75) is 168 Å². The van der Waals surface area contributed by atoms with E-state index in [1.165, 1.54) is 116 Å². The second kappa shape index (κ2) is 32.4. The van der Waals surface area contributed by atoms with E-state index in [2.05, 4.69) is 24.1 Å². The first-order chi connectivity index (χ1) is 17.5. The van der Waals surface area contributed by atoms with E-state index in [9.17, 15) is 4.79 Å². The van der Waals surface area contributed by atoms with Crippen LogP contribution in [0.25, 0.3) is 0 Å². The molecule has 1 atom stereocenters. The first-order valence-corrected chi connectivity index (χ1v) is 15.7. The number of amides is 1. The second-order valence-corrected chi connectivity index (χ2v) is 10.7. The molecule has 0 heterocycles. The smallest absolute Gasteiger partial charge is 0.221 e. The Morgan fingerprint density at radius 3 is 1.19 bits per heavy atom. The predicted octanol–water partition coefficient (Wildman–Crippen LogP) is 7.97. The van der Waals surface area contributed by atoms with Gasteiger partial charge in [-0.3, -0.25) is 9.69 Å². The topological polar surface area (TPSA) is 72.8 Å². The lowest BCUT2D eigenvalue weighted by atomic mass is 10.0. The van der Waals surface area contributed by atoms with Gasteiger partial charge in [-0.25, -0.2) is 0 Å². The summed E-state index contributed by atoms with van der Waals surface area (Å²) in [6.45, 7) is 4.79. The molecule has 0 saturated heterocycles. The molecule has 0 aromatic carbocycles. The molecule has 0 radical (unpaired) electrons. The molecule has 0 bridgehead atoms. The van der Waals surface area contributed by atoms with Crippen molar-refractivity contribution in [1.29, 1.82) is 0 Å². The summed E-state index contributed by atoms with van der Waals surface area (Å²) in [7, 11) is 4.04. The van der Waals surface area contributed by atoms with Gasteiger partial charge in [-0.05, 0) is 39.8 Å². The minimum Gasteiger partial charge on any atom is -0.396 e. The first kappa shape index (κ1) is 37.5. The van der Waals surface area contributed by atoms with Gasteiger partial charge in [-0.2, -0.15) is 0 Å². The Morgan fingerprint density at radius 1 is 0.583 bits per heavy atom. The molecule has 5 heteroatoms. The highest BCUT2D eigenvalue weighted by Crippen LogP contribution is 2.14. The highest BCUT2D eigenvalue weighted by atomic mass is 16.3. The van der Waals surface area contributed by atoms with E-state index in [0.717, 1.165) is 25.7 Å². The average molecular weight is 515 g/mol. The number of aliphatic hydroxyl groups is 2. The Hall–Kier alpha value is -0.650. The van der Waals surface area contributed by atoms with Crippen molar-refractivity contribution < 1.29 is 15.0 Å². The summed E-state index contributed by atoms with van der Waals surface area (Å²) in [5.74, 6) is 0.211. The van der Waals surface area contributed by atoms with Crippen LogP contribution in [0.1, 0.15) is 162 Å². The summed E-state index contributed by atoms with van der Waals surface area (Å²) in [5.41, 5.74) is 0. The lowest BCUT2D eigenvalue weighted by Crippen LogP contribution is -2.44. The van der Waals surface area contributed by atoms with Crippen molar-refractivity contribution >= 4 is 5.91 Å². The molecule has 0 aromatic rings. The van der Waals surface area contributed by atoms with Gasteiger partial charge in [0.2, 0.25) is 5.91 Å². The van der Waals surface area contributed by atoms with Crippen molar-refractivity contribution in [2.24, 2.45) is 0 Å². The largest absolute Gasteiger partial charge is 0.396 e. The molecule has 0 spiro atoms. The predicted molar refractivity (Wildman–Crippen MR) is 157 cm³/mol. The lowest BCUT2D eigenvalue weighted by Gasteiger charge is -2.23. The zero-order valence-electron chi connectivity index (χ0n) is 25.0. The van der Waals surface area contributed by atoms with Crippen LogP contribution in [0, 0.1) is 0 Å². The highest BCUT2D eigenvalue weighted by molar-refractivity contribution is 5.76. The van der Waals surface area contributed by atoms with Crippen LogP contribution in [0.5, 0.6) is 0 Å². The number of nitrogens with one attached hydrogen (secondary N) is 1. The molecule has 0 fully saturated rings. The first-order valence-electron chi connectivity index (χ1n) is 15.7. The number of carbonyl (C=O) groups is 1. The van der Waals surface area contributed by atoms with E-state index >= 15 is 0 Å². The van der Waals surface area contributed by atoms with Crippen molar-refractivity contribution in [1.82, 2.24) is 10.2 Å². The molecule has 218 valence electrons. The third-order valence-electron chi connectivity index (χ3n) is 6.91. The van der Waals surface area contributed by atoms with Gasteiger partial charge in [0.1, 0.15) is 0 Å². The molecule has 0 aliphatic heterocycles. The third-order valence-corrected chi connectivity index (χ3v) is 6.91. The molecule has 3 N–H and O–H groups in total. The fourth-order valence-electron chi connectivity index (χ4n) is 4.44. The van der Waals surface area contributed by atoms with Crippen LogP contribution in [0.3, 0.4) is 0 Å². The van der Waals surface area contributed by atoms with Crippen LogP contribution in [-0.4, -0.2) is 54.5 Å². The number of rotatable bonds is 26. The van der Waals surface area contributed by atoms with Gasteiger partial charge in [0.05, 0.1) is 6.17 Å². The number of aliphatic hydroxyl groups excluding tert-OH is 2. The zero-order valence-corrected chi connectivity index (χ0v) is 25.0. The van der Waals surface area contributed by atoms with E-state index < -0.39 is 0 Å². The van der Waals surface area contributed by atoms with Crippen molar-refractivity contribution in [3.8, 4) is 0 Å². The molecule has 0 saturated carbocycles. The van der Waals surface area contributed by atoms with Gasteiger partial charge in [0.15, 0.2) is 0 Å². The maximum absolute atomic E-state index is 12.0. The van der Waals surface area contributed by atoms with Crippen molar-refractivity contribution in [2.75, 3.05) is 27.3 Å².